The van der Waals surface area contributed by atoms with E-state index in [1.165, 1.54) is 11.2 Å². The van der Waals surface area contributed by atoms with Gasteiger partial charge in [-0.15, -0.1) is 0 Å². The minimum Gasteiger partial charge on any atom is -0.412 e. The topological polar surface area (TPSA) is 213 Å². The first-order valence-corrected chi connectivity index (χ1v) is 8.13. The molecular weight excluding hydrogens is 360 g/mol. The highest BCUT2D eigenvalue weighted by atomic mass is 16.2. The largest absolute Gasteiger partial charge is 0.412 e. The van der Waals surface area contributed by atoms with Crippen LogP contribution in [-0.4, -0.2) is 74.1 Å². The second kappa shape index (κ2) is 9.09. The number of likely N-dealkylation sites (tertiary alicyclic amines) is 1. The molecule has 0 saturated carbocycles. The highest BCUT2D eigenvalue weighted by Gasteiger charge is 2.39. The van der Waals surface area contributed by atoms with Crippen molar-refractivity contribution in [1.29, 1.82) is 0 Å². The number of nitrogens with one attached hydrogen (secondary N) is 3. The molecule has 9 N–H and O–H groups in total. The van der Waals surface area contributed by atoms with Gasteiger partial charge in [-0.05, 0) is 12.8 Å². The molecule has 2 aliphatic heterocycles. The molecule has 0 unspecified atom stereocenters. The SMILES string of the molecule is NC(=O)[C@@H]1CCCN1C(=O)[C@H](Cc1c[nH]cn1)NC(=O)[C@@H]1CC(=O)N1.O.O. The van der Waals surface area contributed by atoms with Crippen LogP contribution in [0, 0.1) is 0 Å². The molecule has 12 nitrogen and oxygen atoms in total. The third-order valence-electron chi connectivity index (χ3n) is 4.49. The number of aromatic nitrogens is 2. The lowest BCUT2D eigenvalue weighted by Gasteiger charge is -2.30. The quantitative estimate of drug-likeness (QED) is 0.361. The number of rotatable bonds is 6. The van der Waals surface area contributed by atoms with Gasteiger partial charge in [0.15, 0.2) is 0 Å². The smallest absolute Gasteiger partial charge is 0.246 e. The van der Waals surface area contributed by atoms with Gasteiger partial charge in [0.25, 0.3) is 0 Å². The number of hydrogen-bond donors (Lipinski definition) is 4. The molecule has 2 saturated heterocycles. The second-order valence-corrected chi connectivity index (χ2v) is 6.24. The molecule has 0 aliphatic carbocycles. The predicted octanol–water partition coefficient (Wildman–Crippen LogP) is -3.85. The van der Waals surface area contributed by atoms with Gasteiger partial charge in [-0.2, -0.15) is 0 Å². The van der Waals surface area contributed by atoms with E-state index < -0.39 is 29.9 Å². The average molecular weight is 384 g/mol. The molecule has 2 fully saturated rings. The first kappa shape index (κ1) is 22.1. The zero-order chi connectivity index (χ0) is 18.0. The third kappa shape index (κ3) is 4.80. The zero-order valence-electron chi connectivity index (χ0n) is 14.5. The molecule has 0 radical (unpaired) electrons. The van der Waals surface area contributed by atoms with Crippen molar-refractivity contribution in [1.82, 2.24) is 25.5 Å². The number of hydrogen-bond acceptors (Lipinski definition) is 5. The highest BCUT2D eigenvalue weighted by Crippen LogP contribution is 2.19. The Hall–Kier alpha value is -2.99. The van der Waals surface area contributed by atoms with Crippen molar-refractivity contribution in [3.8, 4) is 0 Å². The lowest BCUT2D eigenvalue weighted by atomic mass is 10.0. The first-order valence-electron chi connectivity index (χ1n) is 8.13. The van der Waals surface area contributed by atoms with Gasteiger partial charge in [0.2, 0.25) is 23.6 Å². The third-order valence-corrected chi connectivity index (χ3v) is 4.49. The molecule has 0 aromatic carbocycles. The van der Waals surface area contributed by atoms with Gasteiger partial charge in [-0.25, -0.2) is 4.98 Å². The lowest BCUT2D eigenvalue weighted by molar-refractivity contribution is -0.142. The number of H-pyrrole nitrogens is 1. The maximum Gasteiger partial charge on any atom is 0.246 e. The fourth-order valence-corrected chi connectivity index (χ4v) is 3.13. The average Bonchev–Trinajstić information content (AvgIpc) is 3.21. The fraction of sp³-hybridized carbons (Fsp3) is 0.533. The Kier molecular flexibility index (Phi) is 7.43. The van der Waals surface area contributed by atoms with Crippen LogP contribution in [0.15, 0.2) is 12.5 Å². The summed E-state index contributed by atoms with van der Waals surface area (Å²) in [5.74, 6) is -1.56. The molecule has 3 atom stereocenters. The molecule has 3 heterocycles. The standard InChI is InChI=1S/C15H20N6O4.2H2O/c16-13(23)11-2-1-3-21(11)15(25)10(4-8-6-17-7-18-8)20-14(24)9-5-12(22)19-9;;/h6-7,9-11H,1-5H2,(H2,16,23)(H,17,18)(H,19,22)(H,20,24);2*1H2/t9-,10-,11-;;/m0../s1. The Morgan fingerprint density at radius 2 is 2.07 bits per heavy atom. The van der Waals surface area contributed by atoms with Gasteiger partial charge in [0.05, 0.1) is 18.4 Å². The minimum atomic E-state index is -0.881. The van der Waals surface area contributed by atoms with Gasteiger partial charge in [-0.1, -0.05) is 0 Å². The minimum absolute atomic E-state index is 0. The van der Waals surface area contributed by atoms with Crippen LogP contribution in [0.3, 0.4) is 0 Å². The van der Waals surface area contributed by atoms with E-state index >= 15 is 0 Å². The number of nitrogens with two attached hydrogens (primary N) is 1. The van der Waals surface area contributed by atoms with Crippen molar-refractivity contribution in [2.24, 2.45) is 5.73 Å². The van der Waals surface area contributed by atoms with Crippen molar-refractivity contribution in [2.75, 3.05) is 6.54 Å². The van der Waals surface area contributed by atoms with Gasteiger partial charge in [-0.3, -0.25) is 19.2 Å². The van der Waals surface area contributed by atoms with E-state index in [1.807, 2.05) is 0 Å². The van der Waals surface area contributed by atoms with Crippen LogP contribution in [-0.2, 0) is 25.6 Å². The summed E-state index contributed by atoms with van der Waals surface area (Å²) in [5, 5.41) is 5.13. The Bertz CT molecular complexity index is 685. The molecule has 27 heavy (non-hydrogen) atoms. The van der Waals surface area contributed by atoms with Crippen LogP contribution >= 0.6 is 0 Å². The summed E-state index contributed by atoms with van der Waals surface area (Å²) in [7, 11) is 0. The number of aromatic amines is 1. The Labute approximate surface area is 154 Å². The van der Waals surface area contributed by atoms with Crippen LogP contribution < -0.4 is 16.4 Å². The zero-order valence-corrected chi connectivity index (χ0v) is 14.5. The maximum absolute atomic E-state index is 12.9. The molecule has 12 heteroatoms. The van der Waals surface area contributed by atoms with Gasteiger partial charge in [0, 0.05) is 19.2 Å². The van der Waals surface area contributed by atoms with Crippen molar-refractivity contribution in [2.45, 2.75) is 43.8 Å². The van der Waals surface area contributed by atoms with Crippen molar-refractivity contribution in [3.63, 3.8) is 0 Å². The van der Waals surface area contributed by atoms with Crippen LogP contribution in [0.2, 0.25) is 0 Å². The summed E-state index contributed by atoms with van der Waals surface area (Å²) < 4.78 is 0. The van der Waals surface area contributed by atoms with E-state index in [1.54, 1.807) is 6.20 Å². The molecule has 0 bridgehead atoms. The molecule has 1 aromatic rings. The molecule has 3 rings (SSSR count). The summed E-state index contributed by atoms with van der Waals surface area (Å²) >= 11 is 0. The summed E-state index contributed by atoms with van der Waals surface area (Å²) in [6.07, 6.45) is 4.59. The normalized spacial score (nSPS) is 21.8. The van der Waals surface area contributed by atoms with Crippen LogP contribution in [0.4, 0.5) is 0 Å². The Morgan fingerprint density at radius 3 is 2.63 bits per heavy atom. The number of carbonyl (C=O) groups excluding carboxylic acids is 4. The van der Waals surface area contributed by atoms with E-state index in [9.17, 15) is 19.2 Å². The second-order valence-electron chi connectivity index (χ2n) is 6.24. The molecular formula is C15H24N6O6. The van der Waals surface area contributed by atoms with E-state index in [0.29, 0.717) is 25.1 Å². The van der Waals surface area contributed by atoms with Crippen LogP contribution in [0.25, 0.3) is 0 Å². The van der Waals surface area contributed by atoms with Gasteiger partial charge in [0.1, 0.15) is 18.1 Å². The molecule has 2 aliphatic rings. The number of primary amides is 1. The maximum atomic E-state index is 12.9. The lowest BCUT2D eigenvalue weighted by Crippen LogP contribution is -2.61. The molecule has 150 valence electrons. The molecule has 0 spiro atoms. The Morgan fingerprint density at radius 1 is 1.37 bits per heavy atom. The van der Waals surface area contributed by atoms with Gasteiger partial charge < -0.3 is 37.2 Å². The van der Waals surface area contributed by atoms with Gasteiger partial charge >= 0.3 is 0 Å². The number of nitrogens with zero attached hydrogens (tertiary/aromatic N) is 2. The Balaban J connectivity index is 0.00000182. The van der Waals surface area contributed by atoms with Crippen molar-refractivity contribution in [3.05, 3.63) is 18.2 Å². The monoisotopic (exact) mass is 384 g/mol. The van der Waals surface area contributed by atoms with Crippen LogP contribution in [0.1, 0.15) is 25.0 Å². The summed E-state index contributed by atoms with van der Waals surface area (Å²) in [6.45, 7) is 0.416. The highest BCUT2D eigenvalue weighted by molar-refractivity contribution is 5.99. The molecule has 4 amide bonds. The van der Waals surface area contributed by atoms with E-state index in [2.05, 4.69) is 20.6 Å². The number of β-lactam (4-membered cyclic amide) rings is 1. The summed E-state index contributed by atoms with van der Waals surface area (Å²) in [4.78, 5) is 56.0. The van der Waals surface area contributed by atoms with Crippen LogP contribution in [0.5, 0.6) is 0 Å². The van der Waals surface area contributed by atoms with Crippen molar-refractivity contribution < 1.29 is 30.1 Å². The number of carbonyl (C=O) groups is 4. The van der Waals surface area contributed by atoms with E-state index in [0.717, 1.165) is 0 Å². The van der Waals surface area contributed by atoms with E-state index in [-0.39, 0.29) is 35.6 Å². The van der Waals surface area contributed by atoms with Crippen molar-refractivity contribution >= 4 is 23.6 Å². The molecule has 1 aromatic heterocycles. The summed E-state index contributed by atoms with van der Waals surface area (Å²) in [5.41, 5.74) is 5.98. The number of imidazole rings is 1. The fourth-order valence-electron chi connectivity index (χ4n) is 3.13. The summed E-state index contributed by atoms with van der Waals surface area (Å²) in [6, 6.07) is -2.17. The van der Waals surface area contributed by atoms with E-state index in [4.69, 9.17) is 5.73 Å². The number of amides is 4. The first-order chi connectivity index (χ1) is 12.0. The predicted molar refractivity (Wildman–Crippen MR) is 91.9 cm³/mol.